The predicted molar refractivity (Wildman–Crippen MR) is 82.7 cm³/mol. The summed E-state index contributed by atoms with van der Waals surface area (Å²) in [7, 11) is 1.39. The Bertz CT molecular complexity index is 517. The van der Waals surface area contributed by atoms with Gasteiger partial charge in [-0.1, -0.05) is 25.3 Å². The summed E-state index contributed by atoms with van der Waals surface area (Å²) < 4.78 is 34.0. The fourth-order valence-electron chi connectivity index (χ4n) is 2.94. The van der Waals surface area contributed by atoms with E-state index in [-0.39, 0.29) is 17.4 Å². The van der Waals surface area contributed by atoms with Crippen LogP contribution in [0.2, 0.25) is 0 Å². The van der Waals surface area contributed by atoms with E-state index < -0.39 is 6.61 Å². The Labute approximate surface area is 135 Å². The lowest BCUT2D eigenvalue weighted by Crippen LogP contribution is -2.25. The van der Waals surface area contributed by atoms with Crippen LogP contribution in [-0.4, -0.2) is 19.6 Å². The van der Waals surface area contributed by atoms with Gasteiger partial charge < -0.3 is 14.8 Å². The van der Waals surface area contributed by atoms with Crippen LogP contribution in [0.25, 0.3) is 0 Å². The zero-order chi connectivity index (χ0) is 16.7. The first kappa shape index (κ1) is 17.5. The summed E-state index contributed by atoms with van der Waals surface area (Å²) in [6.07, 6.45) is 6.50. The largest absolute Gasteiger partial charge is 0.493 e. The summed E-state index contributed by atoms with van der Waals surface area (Å²) in [6, 6.07) is 4.66. The molecule has 0 aromatic heterocycles. The van der Waals surface area contributed by atoms with Gasteiger partial charge in [-0.25, -0.2) is 0 Å². The molecule has 0 heterocycles. The van der Waals surface area contributed by atoms with Crippen molar-refractivity contribution in [3.05, 3.63) is 23.8 Å². The maximum absolute atomic E-state index is 12.3. The lowest BCUT2D eigenvalue weighted by Gasteiger charge is -2.20. The third kappa shape index (κ3) is 5.69. The van der Waals surface area contributed by atoms with Gasteiger partial charge in [-0.15, -0.1) is 0 Å². The maximum Gasteiger partial charge on any atom is 0.387 e. The van der Waals surface area contributed by atoms with Crippen molar-refractivity contribution in [3.63, 3.8) is 0 Å². The first-order chi connectivity index (χ1) is 11.1. The number of ether oxygens (including phenoxy) is 2. The van der Waals surface area contributed by atoms with E-state index in [1.807, 2.05) is 0 Å². The van der Waals surface area contributed by atoms with E-state index in [9.17, 15) is 13.6 Å². The minimum absolute atomic E-state index is 0.0141. The van der Waals surface area contributed by atoms with E-state index in [4.69, 9.17) is 4.74 Å². The molecule has 1 aliphatic carbocycles. The third-order valence-corrected chi connectivity index (χ3v) is 4.13. The van der Waals surface area contributed by atoms with Crippen LogP contribution in [0.5, 0.6) is 11.5 Å². The molecule has 0 aliphatic heterocycles. The van der Waals surface area contributed by atoms with Crippen molar-refractivity contribution >= 4 is 5.91 Å². The standard InChI is InChI=1S/C17H23F2NO3/c1-22-15-9-13(7-8-14(15)23-17(18)19)11-20-16(21)10-12-5-3-2-4-6-12/h7-9,12,17H,2-6,10-11H2,1H3,(H,20,21). The van der Waals surface area contributed by atoms with Crippen LogP contribution in [0.3, 0.4) is 0 Å². The van der Waals surface area contributed by atoms with E-state index in [1.54, 1.807) is 12.1 Å². The number of halogens is 2. The fourth-order valence-corrected chi connectivity index (χ4v) is 2.94. The topological polar surface area (TPSA) is 47.6 Å². The minimum Gasteiger partial charge on any atom is -0.493 e. The molecule has 0 saturated heterocycles. The molecule has 23 heavy (non-hydrogen) atoms. The van der Waals surface area contributed by atoms with Gasteiger partial charge in [-0.3, -0.25) is 4.79 Å². The molecule has 1 aromatic rings. The van der Waals surface area contributed by atoms with Crippen LogP contribution in [0.4, 0.5) is 8.78 Å². The van der Waals surface area contributed by atoms with Crippen molar-refractivity contribution < 1.29 is 23.0 Å². The molecule has 0 spiro atoms. The van der Waals surface area contributed by atoms with Crippen LogP contribution in [-0.2, 0) is 11.3 Å². The predicted octanol–water partition coefficient (Wildman–Crippen LogP) is 3.88. The Hall–Kier alpha value is -1.85. The average molecular weight is 327 g/mol. The van der Waals surface area contributed by atoms with Crippen LogP contribution < -0.4 is 14.8 Å². The number of benzene rings is 1. The number of hydrogen-bond donors (Lipinski definition) is 1. The number of carbonyl (C=O) groups is 1. The van der Waals surface area contributed by atoms with Crippen LogP contribution >= 0.6 is 0 Å². The Morgan fingerprint density at radius 1 is 1.26 bits per heavy atom. The van der Waals surface area contributed by atoms with Crippen molar-refractivity contribution in [3.8, 4) is 11.5 Å². The van der Waals surface area contributed by atoms with Gasteiger partial charge in [0.25, 0.3) is 0 Å². The van der Waals surface area contributed by atoms with Gasteiger partial charge in [0.1, 0.15) is 0 Å². The molecular weight excluding hydrogens is 304 g/mol. The van der Waals surface area contributed by atoms with Gasteiger partial charge in [0.05, 0.1) is 7.11 Å². The number of rotatable bonds is 7. The number of methoxy groups -OCH3 is 1. The van der Waals surface area contributed by atoms with E-state index in [0.717, 1.165) is 18.4 Å². The number of alkyl halides is 2. The molecule has 128 valence electrons. The van der Waals surface area contributed by atoms with Crippen LogP contribution in [0, 0.1) is 5.92 Å². The normalized spacial score (nSPS) is 15.5. The van der Waals surface area contributed by atoms with Crippen molar-refractivity contribution in [1.82, 2.24) is 5.32 Å². The van der Waals surface area contributed by atoms with Crippen LogP contribution in [0.15, 0.2) is 18.2 Å². The second-order valence-electron chi connectivity index (χ2n) is 5.85. The Balaban J connectivity index is 1.85. The van der Waals surface area contributed by atoms with Crippen LogP contribution in [0.1, 0.15) is 44.1 Å². The van der Waals surface area contributed by atoms with Crippen molar-refractivity contribution in [2.45, 2.75) is 51.7 Å². The molecule has 0 bridgehead atoms. The minimum atomic E-state index is -2.90. The molecule has 1 saturated carbocycles. The van der Waals surface area contributed by atoms with Crippen molar-refractivity contribution in [2.75, 3.05) is 7.11 Å². The first-order valence-corrected chi connectivity index (χ1v) is 7.97. The molecule has 0 atom stereocenters. The highest BCUT2D eigenvalue weighted by Crippen LogP contribution is 2.29. The Morgan fingerprint density at radius 3 is 2.65 bits per heavy atom. The first-order valence-electron chi connectivity index (χ1n) is 7.97. The molecule has 1 aliphatic rings. The third-order valence-electron chi connectivity index (χ3n) is 4.13. The molecule has 4 nitrogen and oxygen atoms in total. The van der Waals surface area contributed by atoms with E-state index in [1.165, 1.54) is 32.4 Å². The number of amides is 1. The highest BCUT2D eigenvalue weighted by molar-refractivity contribution is 5.76. The Kier molecular flexibility index (Phi) is 6.62. The fraction of sp³-hybridized carbons (Fsp3) is 0.588. The van der Waals surface area contributed by atoms with Gasteiger partial charge >= 0.3 is 6.61 Å². The van der Waals surface area contributed by atoms with Gasteiger partial charge in [-0.05, 0) is 36.5 Å². The molecule has 0 radical (unpaired) electrons. The zero-order valence-electron chi connectivity index (χ0n) is 13.3. The van der Waals surface area contributed by atoms with Gasteiger partial charge in [0.2, 0.25) is 5.91 Å². The Morgan fingerprint density at radius 2 is 2.00 bits per heavy atom. The summed E-state index contributed by atoms with van der Waals surface area (Å²) >= 11 is 0. The lowest BCUT2D eigenvalue weighted by atomic mass is 9.87. The average Bonchev–Trinajstić information content (AvgIpc) is 2.54. The molecule has 0 unspecified atom stereocenters. The van der Waals surface area contributed by atoms with Gasteiger partial charge in [-0.2, -0.15) is 8.78 Å². The molecule has 2 rings (SSSR count). The summed E-state index contributed by atoms with van der Waals surface area (Å²) in [5.41, 5.74) is 0.778. The maximum atomic E-state index is 12.3. The van der Waals surface area contributed by atoms with Gasteiger partial charge in [0, 0.05) is 13.0 Å². The van der Waals surface area contributed by atoms with E-state index in [0.29, 0.717) is 18.9 Å². The molecule has 1 N–H and O–H groups in total. The highest BCUT2D eigenvalue weighted by atomic mass is 19.3. The molecule has 6 heteroatoms. The second kappa shape index (κ2) is 8.70. The quantitative estimate of drug-likeness (QED) is 0.826. The molecule has 1 aromatic carbocycles. The number of carbonyl (C=O) groups excluding carboxylic acids is 1. The van der Waals surface area contributed by atoms with Gasteiger partial charge in [0.15, 0.2) is 11.5 Å². The molecular formula is C17H23F2NO3. The summed E-state index contributed by atoms with van der Waals surface area (Å²) in [5.74, 6) is 0.730. The van der Waals surface area contributed by atoms with Crippen molar-refractivity contribution in [2.24, 2.45) is 5.92 Å². The van der Waals surface area contributed by atoms with E-state index in [2.05, 4.69) is 10.1 Å². The smallest absolute Gasteiger partial charge is 0.387 e. The number of hydrogen-bond acceptors (Lipinski definition) is 3. The summed E-state index contributed by atoms with van der Waals surface area (Å²) in [6.45, 7) is -2.55. The lowest BCUT2D eigenvalue weighted by molar-refractivity contribution is -0.122. The highest BCUT2D eigenvalue weighted by Gasteiger charge is 2.17. The monoisotopic (exact) mass is 327 g/mol. The van der Waals surface area contributed by atoms with Crippen molar-refractivity contribution in [1.29, 1.82) is 0 Å². The second-order valence-corrected chi connectivity index (χ2v) is 5.85. The summed E-state index contributed by atoms with van der Waals surface area (Å²) in [4.78, 5) is 12.0. The zero-order valence-corrected chi connectivity index (χ0v) is 13.3. The number of nitrogens with one attached hydrogen (secondary N) is 1. The molecule has 1 amide bonds. The van der Waals surface area contributed by atoms with E-state index >= 15 is 0 Å². The summed E-state index contributed by atoms with van der Waals surface area (Å²) in [5, 5.41) is 2.87. The molecule has 1 fully saturated rings. The SMILES string of the molecule is COc1cc(CNC(=O)CC2CCCCC2)ccc1OC(F)F.